The molecule has 2 saturated heterocycles. The standard InChI is InChI=1S/C32H61NO13/c1-3-5-6-7-8-9-10-11-12-13-14-15-16-21(36)20(33-24(37)4-2)19-43-31-29(42)27(40)30(23(18-35)45-31)46-32-28(41)26(39)25(38)22(17-34)44-32/h20-23,25-32,34-36,38-42H,3-19H2,1-2H3,(H,33,37). The summed E-state index contributed by atoms with van der Waals surface area (Å²) in [6, 6.07) is -0.816. The fraction of sp³-hybridized carbons (Fsp3) is 0.969. The molecule has 2 aliphatic heterocycles. The van der Waals surface area contributed by atoms with Crippen molar-refractivity contribution < 1.29 is 64.6 Å². The molecular formula is C32H61NO13. The largest absolute Gasteiger partial charge is 0.394 e. The van der Waals surface area contributed by atoms with Gasteiger partial charge in [-0.1, -0.05) is 90.9 Å². The van der Waals surface area contributed by atoms with Gasteiger partial charge in [0.1, 0.15) is 48.8 Å². The summed E-state index contributed by atoms with van der Waals surface area (Å²) < 4.78 is 22.2. The second-order valence-corrected chi connectivity index (χ2v) is 12.6. The molecule has 2 rings (SSSR count). The van der Waals surface area contributed by atoms with Crippen molar-refractivity contribution in [3.63, 3.8) is 0 Å². The van der Waals surface area contributed by atoms with Crippen LogP contribution in [0.3, 0.4) is 0 Å². The number of unbranched alkanes of at least 4 members (excludes halogenated alkanes) is 11. The Morgan fingerprint density at radius 2 is 1.22 bits per heavy atom. The smallest absolute Gasteiger partial charge is 0.220 e. The number of ether oxygens (including phenoxy) is 4. The zero-order valence-electron chi connectivity index (χ0n) is 27.6. The number of amides is 1. The maximum atomic E-state index is 12.2. The molecule has 0 aliphatic carbocycles. The number of carbonyl (C=O) groups excluding carboxylic acids is 1. The van der Waals surface area contributed by atoms with Gasteiger partial charge in [0.05, 0.1) is 32.0 Å². The van der Waals surface area contributed by atoms with Gasteiger partial charge in [-0.25, -0.2) is 0 Å². The first-order valence-corrected chi connectivity index (χ1v) is 17.3. The van der Waals surface area contributed by atoms with Gasteiger partial charge in [0.2, 0.25) is 5.91 Å². The molecule has 14 heteroatoms. The zero-order chi connectivity index (χ0) is 34.1. The second kappa shape index (κ2) is 22.6. The van der Waals surface area contributed by atoms with Crippen LogP contribution in [-0.4, -0.2) is 140 Å². The van der Waals surface area contributed by atoms with Crippen molar-refractivity contribution in [3.05, 3.63) is 0 Å². The molecule has 14 nitrogen and oxygen atoms in total. The molecule has 0 radical (unpaired) electrons. The predicted octanol–water partition coefficient (Wildman–Crippen LogP) is -0.0260. The average Bonchev–Trinajstić information content (AvgIpc) is 3.05. The summed E-state index contributed by atoms with van der Waals surface area (Å²) in [5.41, 5.74) is 0. The Kier molecular flexibility index (Phi) is 20.2. The lowest BCUT2D eigenvalue weighted by Gasteiger charge is -2.46. The number of hydrogen-bond donors (Lipinski definition) is 9. The van der Waals surface area contributed by atoms with Crippen molar-refractivity contribution in [3.8, 4) is 0 Å². The lowest BCUT2D eigenvalue weighted by Crippen LogP contribution is -2.65. The Labute approximate surface area is 273 Å². The van der Waals surface area contributed by atoms with Crippen molar-refractivity contribution in [1.29, 1.82) is 0 Å². The van der Waals surface area contributed by atoms with E-state index < -0.39 is 86.8 Å². The molecule has 272 valence electrons. The minimum absolute atomic E-state index is 0.187. The van der Waals surface area contributed by atoms with Crippen molar-refractivity contribution in [2.75, 3.05) is 19.8 Å². The molecule has 0 spiro atoms. The normalized spacial score (nSPS) is 33.1. The Bertz CT molecular complexity index is 806. The van der Waals surface area contributed by atoms with E-state index in [-0.39, 0.29) is 18.9 Å². The van der Waals surface area contributed by atoms with Gasteiger partial charge in [0.25, 0.3) is 0 Å². The fourth-order valence-electron chi connectivity index (χ4n) is 5.85. The molecule has 2 heterocycles. The van der Waals surface area contributed by atoms with Gasteiger partial charge in [-0.2, -0.15) is 0 Å². The summed E-state index contributed by atoms with van der Waals surface area (Å²) in [7, 11) is 0. The van der Waals surface area contributed by atoms with E-state index in [9.17, 15) is 45.6 Å². The predicted molar refractivity (Wildman–Crippen MR) is 166 cm³/mol. The second-order valence-electron chi connectivity index (χ2n) is 12.6. The van der Waals surface area contributed by atoms with Crippen LogP contribution in [0.25, 0.3) is 0 Å². The van der Waals surface area contributed by atoms with E-state index in [1.54, 1.807) is 6.92 Å². The monoisotopic (exact) mass is 667 g/mol. The third-order valence-electron chi connectivity index (χ3n) is 8.89. The molecular weight excluding hydrogens is 606 g/mol. The van der Waals surface area contributed by atoms with E-state index in [2.05, 4.69) is 12.2 Å². The van der Waals surface area contributed by atoms with Crippen LogP contribution in [0.4, 0.5) is 0 Å². The lowest BCUT2D eigenvalue weighted by molar-refractivity contribution is -0.359. The summed E-state index contributed by atoms with van der Waals surface area (Å²) in [5.74, 6) is -0.297. The minimum atomic E-state index is -1.77. The van der Waals surface area contributed by atoms with Crippen molar-refractivity contribution >= 4 is 5.91 Å². The molecule has 2 fully saturated rings. The highest BCUT2D eigenvalue weighted by molar-refractivity contribution is 5.75. The molecule has 46 heavy (non-hydrogen) atoms. The van der Waals surface area contributed by atoms with E-state index in [1.165, 1.54) is 51.4 Å². The van der Waals surface area contributed by atoms with E-state index in [4.69, 9.17) is 18.9 Å². The lowest BCUT2D eigenvalue weighted by atomic mass is 9.97. The number of hydrogen-bond acceptors (Lipinski definition) is 13. The quantitative estimate of drug-likeness (QED) is 0.0654. The van der Waals surface area contributed by atoms with Crippen molar-refractivity contribution in [1.82, 2.24) is 5.32 Å². The van der Waals surface area contributed by atoms with Gasteiger partial charge >= 0.3 is 0 Å². The van der Waals surface area contributed by atoms with Crippen LogP contribution < -0.4 is 5.32 Å². The van der Waals surface area contributed by atoms with Crippen LogP contribution in [0.1, 0.15) is 104 Å². The van der Waals surface area contributed by atoms with E-state index >= 15 is 0 Å². The van der Waals surface area contributed by atoms with Crippen LogP contribution >= 0.6 is 0 Å². The van der Waals surface area contributed by atoms with E-state index in [1.807, 2.05) is 0 Å². The van der Waals surface area contributed by atoms with Gasteiger partial charge in [0, 0.05) is 6.42 Å². The minimum Gasteiger partial charge on any atom is -0.394 e. The average molecular weight is 668 g/mol. The van der Waals surface area contributed by atoms with Gasteiger partial charge in [-0.15, -0.1) is 0 Å². The fourth-order valence-corrected chi connectivity index (χ4v) is 5.85. The maximum Gasteiger partial charge on any atom is 0.220 e. The molecule has 2 aliphatic rings. The molecule has 0 bridgehead atoms. The van der Waals surface area contributed by atoms with Crippen LogP contribution in [-0.2, 0) is 23.7 Å². The third-order valence-corrected chi connectivity index (χ3v) is 8.89. The summed E-state index contributed by atoms with van der Waals surface area (Å²) in [6.45, 7) is 2.24. The topological polar surface area (TPSA) is 228 Å². The summed E-state index contributed by atoms with van der Waals surface area (Å²) in [4.78, 5) is 12.2. The van der Waals surface area contributed by atoms with Gasteiger partial charge < -0.3 is 65.1 Å². The summed E-state index contributed by atoms with van der Waals surface area (Å²) >= 11 is 0. The molecule has 1 amide bonds. The molecule has 9 N–H and O–H groups in total. The number of aliphatic hydroxyl groups excluding tert-OH is 8. The number of aliphatic hydroxyl groups is 8. The van der Waals surface area contributed by atoms with Crippen LogP contribution in [0.15, 0.2) is 0 Å². The first-order chi connectivity index (χ1) is 22.1. The van der Waals surface area contributed by atoms with Crippen LogP contribution in [0.2, 0.25) is 0 Å². The SMILES string of the molecule is CCCCCCCCCCCCCCC(O)C(COC1OC(CO)C(OC2OC(CO)C(O)C(O)C2O)C(O)C1O)NC(=O)CC. The van der Waals surface area contributed by atoms with Gasteiger partial charge in [0.15, 0.2) is 12.6 Å². The van der Waals surface area contributed by atoms with Gasteiger partial charge in [-0.05, 0) is 6.42 Å². The first-order valence-electron chi connectivity index (χ1n) is 17.3. The zero-order valence-corrected chi connectivity index (χ0v) is 27.6. The molecule has 0 aromatic carbocycles. The number of carbonyl (C=O) groups is 1. The van der Waals surface area contributed by atoms with Crippen LogP contribution in [0.5, 0.6) is 0 Å². The molecule has 0 aromatic rings. The molecule has 12 unspecified atom stereocenters. The Morgan fingerprint density at radius 3 is 1.76 bits per heavy atom. The summed E-state index contributed by atoms with van der Waals surface area (Å²) in [5, 5.41) is 84.9. The molecule has 0 aromatic heterocycles. The maximum absolute atomic E-state index is 12.2. The first kappa shape index (κ1) is 41.2. The Morgan fingerprint density at radius 1 is 0.696 bits per heavy atom. The highest BCUT2D eigenvalue weighted by Gasteiger charge is 2.50. The third kappa shape index (κ3) is 13.1. The van der Waals surface area contributed by atoms with Crippen LogP contribution in [0, 0.1) is 0 Å². The molecule has 12 atom stereocenters. The van der Waals surface area contributed by atoms with Crippen molar-refractivity contribution in [2.24, 2.45) is 0 Å². The van der Waals surface area contributed by atoms with Crippen molar-refractivity contribution in [2.45, 2.75) is 177 Å². The highest BCUT2D eigenvalue weighted by Crippen LogP contribution is 2.29. The van der Waals surface area contributed by atoms with E-state index in [0.29, 0.717) is 6.42 Å². The molecule has 0 saturated carbocycles. The number of rotatable bonds is 23. The van der Waals surface area contributed by atoms with E-state index in [0.717, 1.165) is 25.7 Å². The highest BCUT2D eigenvalue weighted by atomic mass is 16.7. The van der Waals surface area contributed by atoms with Gasteiger partial charge in [-0.3, -0.25) is 4.79 Å². The Balaban J connectivity index is 1.84. The number of nitrogens with one attached hydrogen (secondary N) is 1. The Hall–Kier alpha value is -1.01. The summed E-state index contributed by atoms with van der Waals surface area (Å²) in [6.07, 6.45) is -1.81.